The Bertz CT molecular complexity index is 544. The van der Waals surface area contributed by atoms with Crippen LogP contribution in [0.4, 0.5) is 0 Å². The summed E-state index contributed by atoms with van der Waals surface area (Å²) < 4.78 is 26.6. The Morgan fingerprint density at radius 3 is 2.11 bits per heavy atom. The van der Waals surface area contributed by atoms with E-state index in [0.29, 0.717) is 5.56 Å². The van der Waals surface area contributed by atoms with Gasteiger partial charge in [-0.2, -0.15) is 0 Å². The second-order valence-electron chi connectivity index (χ2n) is 5.02. The number of nitrogens with one attached hydrogen (secondary N) is 2. The summed E-state index contributed by atoms with van der Waals surface area (Å²) >= 11 is 0. The molecule has 6 nitrogen and oxygen atoms in total. The number of hydrogen-bond acceptors (Lipinski definition) is 4. The lowest BCUT2D eigenvalue weighted by atomic mass is 10.1. The van der Waals surface area contributed by atoms with Crippen LogP contribution in [0, 0.1) is 0 Å². The number of hydroxylamine groups is 1. The Morgan fingerprint density at radius 1 is 1.16 bits per heavy atom. The summed E-state index contributed by atoms with van der Waals surface area (Å²) in [6.07, 6.45) is 0. The molecule has 106 valence electrons. The predicted molar refractivity (Wildman–Crippen MR) is 71.0 cm³/mol. The molecule has 0 fully saturated rings. The van der Waals surface area contributed by atoms with Crippen LogP contribution >= 0.6 is 0 Å². The molecule has 19 heavy (non-hydrogen) atoms. The summed E-state index contributed by atoms with van der Waals surface area (Å²) in [5, 5.41) is 0. The van der Waals surface area contributed by atoms with Gasteiger partial charge in [-0.1, -0.05) is 0 Å². The van der Waals surface area contributed by atoms with E-state index in [2.05, 4.69) is 15.0 Å². The van der Waals surface area contributed by atoms with Crippen molar-refractivity contribution >= 4 is 15.9 Å². The van der Waals surface area contributed by atoms with Crippen molar-refractivity contribution in [1.29, 1.82) is 0 Å². The normalized spacial score (nSPS) is 12.2. The smallest absolute Gasteiger partial charge is 0.274 e. The van der Waals surface area contributed by atoms with Gasteiger partial charge in [0.2, 0.25) is 10.0 Å². The molecule has 0 unspecified atom stereocenters. The van der Waals surface area contributed by atoms with Gasteiger partial charge in [0, 0.05) is 11.1 Å². The van der Waals surface area contributed by atoms with Crippen LogP contribution in [0.15, 0.2) is 29.2 Å². The van der Waals surface area contributed by atoms with Crippen molar-refractivity contribution in [3.05, 3.63) is 29.8 Å². The van der Waals surface area contributed by atoms with E-state index >= 15 is 0 Å². The van der Waals surface area contributed by atoms with E-state index in [1.165, 1.54) is 31.4 Å². The summed E-state index contributed by atoms with van der Waals surface area (Å²) in [7, 11) is -2.26. The largest absolute Gasteiger partial charge is 0.277 e. The van der Waals surface area contributed by atoms with Gasteiger partial charge in [-0.15, -0.1) is 0 Å². The van der Waals surface area contributed by atoms with E-state index < -0.39 is 21.5 Å². The van der Waals surface area contributed by atoms with E-state index in [1.807, 2.05) is 0 Å². The van der Waals surface area contributed by atoms with Gasteiger partial charge in [0.25, 0.3) is 5.91 Å². The molecule has 1 rings (SSSR count). The molecule has 0 aliphatic heterocycles. The lowest BCUT2D eigenvalue weighted by Crippen LogP contribution is -2.40. The number of hydrogen-bond donors (Lipinski definition) is 2. The molecule has 0 aliphatic rings. The fraction of sp³-hybridized carbons (Fsp3) is 0.417. The van der Waals surface area contributed by atoms with E-state index in [-0.39, 0.29) is 4.90 Å². The highest BCUT2D eigenvalue weighted by Gasteiger charge is 2.22. The zero-order valence-electron chi connectivity index (χ0n) is 11.4. The van der Waals surface area contributed by atoms with Crippen molar-refractivity contribution in [2.75, 3.05) is 7.11 Å². The molecule has 0 spiro atoms. The third kappa shape index (κ3) is 4.62. The molecule has 0 aliphatic carbocycles. The fourth-order valence-corrected chi connectivity index (χ4v) is 2.82. The van der Waals surface area contributed by atoms with Gasteiger partial charge < -0.3 is 0 Å². The van der Waals surface area contributed by atoms with Crippen molar-refractivity contribution < 1.29 is 18.0 Å². The SMILES string of the molecule is CONC(=O)c1ccc(S(=O)(=O)NC(C)(C)C)cc1. The molecule has 0 atom stereocenters. The monoisotopic (exact) mass is 286 g/mol. The number of carbonyl (C=O) groups excluding carboxylic acids is 1. The number of amides is 1. The Balaban J connectivity index is 2.96. The number of rotatable bonds is 4. The van der Waals surface area contributed by atoms with Gasteiger partial charge >= 0.3 is 0 Å². The Kier molecular flexibility index (Phi) is 4.67. The first-order valence-corrected chi connectivity index (χ1v) is 7.11. The number of carbonyl (C=O) groups is 1. The topological polar surface area (TPSA) is 84.5 Å². The zero-order chi connectivity index (χ0) is 14.7. The number of benzene rings is 1. The summed E-state index contributed by atoms with van der Waals surface area (Å²) in [6, 6.07) is 5.59. The van der Waals surface area contributed by atoms with Crippen molar-refractivity contribution in [3.8, 4) is 0 Å². The molecule has 0 saturated heterocycles. The van der Waals surface area contributed by atoms with Gasteiger partial charge in [0.15, 0.2) is 0 Å². The van der Waals surface area contributed by atoms with Crippen LogP contribution in [-0.4, -0.2) is 27.0 Å². The van der Waals surface area contributed by atoms with Gasteiger partial charge in [-0.3, -0.25) is 9.63 Å². The average molecular weight is 286 g/mol. The lowest BCUT2D eigenvalue weighted by molar-refractivity contribution is 0.0537. The van der Waals surface area contributed by atoms with E-state index in [9.17, 15) is 13.2 Å². The van der Waals surface area contributed by atoms with Crippen molar-refractivity contribution in [3.63, 3.8) is 0 Å². The fourth-order valence-electron chi connectivity index (χ4n) is 1.40. The first-order chi connectivity index (χ1) is 8.65. The minimum Gasteiger partial charge on any atom is -0.277 e. The second kappa shape index (κ2) is 5.68. The molecule has 0 heterocycles. The standard InChI is InChI=1S/C12H18N2O4S/c1-12(2,3)14-19(16,17)10-7-5-9(6-8-10)11(15)13-18-4/h5-8,14H,1-4H3,(H,13,15). The molecule has 1 aromatic rings. The third-order valence-electron chi connectivity index (χ3n) is 2.06. The van der Waals surface area contributed by atoms with Crippen molar-refractivity contribution in [1.82, 2.24) is 10.2 Å². The van der Waals surface area contributed by atoms with Crippen LogP contribution in [0.25, 0.3) is 0 Å². The summed E-state index contributed by atoms with van der Waals surface area (Å²) in [6.45, 7) is 5.26. The van der Waals surface area contributed by atoms with Crippen LogP contribution in [0.5, 0.6) is 0 Å². The molecule has 0 aromatic heterocycles. The molecular weight excluding hydrogens is 268 g/mol. The van der Waals surface area contributed by atoms with Crippen LogP contribution in [0.3, 0.4) is 0 Å². The van der Waals surface area contributed by atoms with E-state index in [1.54, 1.807) is 20.8 Å². The summed E-state index contributed by atoms with van der Waals surface area (Å²) in [4.78, 5) is 16.0. The van der Waals surface area contributed by atoms with Crippen LogP contribution in [0.1, 0.15) is 31.1 Å². The van der Waals surface area contributed by atoms with Crippen molar-refractivity contribution in [2.45, 2.75) is 31.2 Å². The van der Waals surface area contributed by atoms with E-state index in [4.69, 9.17) is 0 Å². The van der Waals surface area contributed by atoms with Crippen LogP contribution < -0.4 is 10.2 Å². The Labute approximate surface area is 113 Å². The molecule has 1 aromatic carbocycles. The maximum atomic E-state index is 12.0. The minimum atomic E-state index is -3.59. The van der Waals surface area contributed by atoms with Crippen LogP contribution in [0.2, 0.25) is 0 Å². The van der Waals surface area contributed by atoms with E-state index in [0.717, 1.165) is 0 Å². The summed E-state index contributed by atoms with van der Waals surface area (Å²) in [5.41, 5.74) is 1.91. The third-order valence-corrected chi connectivity index (χ3v) is 3.84. The van der Waals surface area contributed by atoms with Gasteiger partial charge in [-0.05, 0) is 45.0 Å². The first kappa shape index (κ1) is 15.6. The minimum absolute atomic E-state index is 0.108. The van der Waals surface area contributed by atoms with Gasteiger partial charge in [0.1, 0.15) is 0 Å². The van der Waals surface area contributed by atoms with Crippen LogP contribution in [-0.2, 0) is 14.9 Å². The highest BCUT2D eigenvalue weighted by Crippen LogP contribution is 2.13. The predicted octanol–water partition coefficient (Wildman–Crippen LogP) is 1.05. The van der Waals surface area contributed by atoms with Gasteiger partial charge in [0.05, 0.1) is 12.0 Å². The Hall–Kier alpha value is -1.44. The second-order valence-corrected chi connectivity index (χ2v) is 6.70. The lowest BCUT2D eigenvalue weighted by Gasteiger charge is -2.20. The highest BCUT2D eigenvalue weighted by molar-refractivity contribution is 7.89. The first-order valence-electron chi connectivity index (χ1n) is 5.63. The van der Waals surface area contributed by atoms with Gasteiger partial charge in [-0.25, -0.2) is 18.6 Å². The maximum Gasteiger partial charge on any atom is 0.274 e. The average Bonchev–Trinajstić information content (AvgIpc) is 2.26. The Morgan fingerprint density at radius 2 is 1.68 bits per heavy atom. The molecule has 1 amide bonds. The molecule has 0 radical (unpaired) electrons. The summed E-state index contributed by atoms with van der Waals surface area (Å²) in [5.74, 6) is -0.435. The molecular formula is C12H18N2O4S. The highest BCUT2D eigenvalue weighted by atomic mass is 32.2. The molecule has 2 N–H and O–H groups in total. The quantitative estimate of drug-likeness (QED) is 0.810. The maximum absolute atomic E-state index is 12.0. The molecule has 0 saturated carbocycles. The zero-order valence-corrected chi connectivity index (χ0v) is 12.2. The molecule has 7 heteroatoms. The molecule has 0 bridgehead atoms. The van der Waals surface area contributed by atoms with Crippen molar-refractivity contribution in [2.24, 2.45) is 0 Å². The number of sulfonamides is 1.